The number of anilines is 1. The van der Waals surface area contributed by atoms with Gasteiger partial charge >= 0.3 is 18.9 Å². The van der Waals surface area contributed by atoms with Gasteiger partial charge in [0.15, 0.2) is 0 Å². The molecule has 0 bridgehead atoms. The van der Waals surface area contributed by atoms with Crippen LogP contribution in [0.25, 0.3) is 6.08 Å². The van der Waals surface area contributed by atoms with Crippen LogP contribution >= 0.6 is 0 Å². The molecule has 0 saturated carbocycles. The third kappa shape index (κ3) is 4.32. The predicted octanol–water partition coefficient (Wildman–Crippen LogP) is 2.81. The van der Waals surface area contributed by atoms with E-state index in [1.807, 2.05) is 0 Å². The second-order valence-electron chi connectivity index (χ2n) is 6.49. The molecule has 0 atom stereocenters. The van der Waals surface area contributed by atoms with Crippen molar-refractivity contribution in [3.63, 3.8) is 0 Å². The van der Waals surface area contributed by atoms with Crippen LogP contribution in [0.1, 0.15) is 29.3 Å². The van der Waals surface area contributed by atoms with Gasteiger partial charge in [-0.3, -0.25) is 18.7 Å². The molecule has 0 spiro atoms. The number of allylic oxidation sites excluding steroid dienone is 1. The summed E-state index contributed by atoms with van der Waals surface area (Å²) in [7, 11) is 1.24. The van der Waals surface area contributed by atoms with E-state index in [9.17, 15) is 31.9 Å². The molecular weight excluding hydrogens is 426 g/mol. The average Bonchev–Trinajstić information content (AvgIpc) is 3.01. The summed E-state index contributed by atoms with van der Waals surface area (Å²) in [6.07, 6.45) is 1.66. The fourth-order valence-corrected chi connectivity index (χ4v) is 3.12. The second kappa shape index (κ2) is 8.66. The molecule has 31 heavy (non-hydrogen) atoms. The first-order valence-corrected chi connectivity index (χ1v) is 9.05. The number of nitrogens with zero attached hydrogens (tertiary/aromatic N) is 2. The minimum absolute atomic E-state index is 0.000168. The zero-order valence-electron chi connectivity index (χ0n) is 16.3. The Morgan fingerprint density at radius 3 is 2.39 bits per heavy atom. The molecule has 0 unspecified atom stereocenters. The van der Waals surface area contributed by atoms with E-state index < -0.39 is 41.8 Å². The minimum Gasteiger partial charge on any atom is -0.435 e. The number of carbonyl (C=O) groups is 1. The van der Waals surface area contributed by atoms with Crippen molar-refractivity contribution in [2.24, 2.45) is 7.05 Å². The maximum atomic E-state index is 12.8. The predicted molar refractivity (Wildman–Crippen MR) is 102 cm³/mol. The molecule has 0 aliphatic carbocycles. The Kier molecular flexibility index (Phi) is 6.18. The van der Waals surface area contributed by atoms with Crippen molar-refractivity contribution < 1.29 is 31.8 Å². The molecule has 1 aliphatic rings. The minimum atomic E-state index is -3.27. The third-order valence-electron chi connectivity index (χ3n) is 4.44. The van der Waals surface area contributed by atoms with Gasteiger partial charge in [-0.15, -0.1) is 0 Å². The fraction of sp³-hybridized carbons (Fsp3) is 0.316. The molecule has 8 nitrogen and oxygen atoms in total. The smallest absolute Gasteiger partial charge is 0.387 e. The lowest BCUT2D eigenvalue weighted by Gasteiger charge is -2.12. The van der Waals surface area contributed by atoms with Crippen LogP contribution in [0.4, 0.5) is 23.4 Å². The van der Waals surface area contributed by atoms with Crippen molar-refractivity contribution in [3.05, 3.63) is 55.9 Å². The summed E-state index contributed by atoms with van der Waals surface area (Å²) in [6, 6.07) is 3.04. The SMILES string of the molecule is CCCn1c2c(c(=O)n(C)c1=O)C(=O)/C(=C/c1ccc(OC(F)F)cc1OC(F)F)N2. The summed E-state index contributed by atoms with van der Waals surface area (Å²) < 4.78 is 60.9. The molecule has 1 aromatic carbocycles. The van der Waals surface area contributed by atoms with Gasteiger partial charge in [-0.2, -0.15) is 17.6 Å². The van der Waals surface area contributed by atoms with Crippen LogP contribution in [0.3, 0.4) is 0 Å². The Balaban J connectivity index is 2.09. The van der Waals surface area contributed by atoms with E-state index in [2.05, 4.69) is 14.8 Å². The lowest BCUT2D eigenvalue weighted by atomic mass is 10.1. The van der Waals surface area contributed by atoms with Crippen molar-refractivity contribution >= 4 is 17.7 Å². The number of nitrogens with one attached hydrogen (secondary N) is 1. The number of hydrogen-bond acceptors (Lipinski definition) is 6. The number of carbonyl (C=O) groups excluding carboxylic acids is 1. The molecule has 3 rings (SSSR count). The summed E-state index contributed by atoms with van der Waals surface area (Å²) in [4.78, 5) is 37.7. The van der Waals surface area contributed by atoms with E-state index in [0.717, 1.165) is 28.8 Å². The molecule has 166 valence electrons. The lowest BCUT2D eigenvalue weighted by molar-refractivity contribution is -0.0543. The summed E-state index contributed by atoms with van der Waals surface area (Å²) in [5.74, 6) is -1.70. The average molecular weight is 443 g/mol. The van der Waals surface area contributed by atoms with Crippen LogP contribution < -0.4 is 26.0 Å². The van der Waals surface area contributed by atoms with Crippen LogP contribution in [-0.4, -0.2) is 28.1 Å². The number of benzene rings is 1. The summed E-state index contributed by atoms with van der Waals surface area (Å²) in [5, 5.41) is 2.69. The fourth-order valence-electron chi connectivity index (χ4n) is 3.12. The lowest BCUT2D eigenvalue weighted by Crippen LogP contribution is -2.40. The van der Waals surface area contributed by atoms with Crippen molar-refractivity contribution in [3.8, 4) is 11.5 Å². The van der Waals surface area contributed by atoms with E-state index in [0.29, 0.717) is 6.42 Å². The van der Waals surface area contributed by atoms with E-state index in [1.54, 1.807) is 6.92 Å². The van der Waals surface area contributed by atoms with Gasteiger partial charge in [0.1, 0.15) is 22.9 Å². The van der Waals surface area contributed by atoms with Gasteiger partial charge in [0.25, 0.3) is 5.56 Å². The van der Waals surface area contributed by atoms with Crippen LogP contribution in [0.5, 0.6) is 11.5 Å². The number of Topliss-reactive ketones (excluding diaryl/α,β-unsaturated/α-hetero) is 1. The molecule has 2 aromatic rings. The number of alkyl halides is 4. The molecule has 2 heterocycles. The highest BCUT2D eigenvalue weighted by Gasteiger charge is 2.32. The van der Waals surface area contributed by atoms with E-state index in [1.165, 1.54) is 11.6 Å². The highest BCUT2D eigenvalue weighted by atomic mass is 19.3. The first-order chi connectivity index (χ1) is 14.6. The number of halogens is 4. The molecule has 0 fully saturated rings. The van der Waals surface area contributed by atoms with Gasteiger partial charge in [0.2, 0.25) is 5.78 Å². The quantitative estimate of drug-likeness (QED) is 0.523. The molecule has 0 amide bonds. The maximum absolute atomic E-state index is 12.8. The van der Waals surface area contributed by atoms with Gasteiger partial charge in [0, 0.05) is 25.2 Å². The molecule has 0 radical (unpaired) electrons. The first-order valence-electron chi connectivity index (χ1n) is 9.05. The zero-order chi connectivity index (χ0) is 22.9. The molecule has 1 N–H and O–H groups in total. The summed E-state index contributed by atoms with van der Waals surface area (Å²) >= 11 is 0. The summed E-state index contributed by atoms with van der Waals surface area (Å²) in [6.45, 7) is -4.43. The van der Waals surface area contributed by atoms with E-state index in [-0.39, 0.29) is 29.2 Å². The van der Waals surface area contributed by atoms with Crippen LogP contribution in [0, 0.1) is 0 Å². The molecule has 1 aromatic heterocycles. The van der Waals surface area contributed by atoms with Crippen molar-refractivity contribution in [1.29, 1.82) is 0 Å². The normalized spacial score (nSPS) is 14.3. The Hall–Kier alpha value is -3.57. The summed E-state index contributed by atoms with van der Waals surface area (Å²) in [5.41, 5.74) is -1.94. The largest absolute Gasteiger partial charge is 0.435 e. The number of hydrogen-bond donors (Lipinski definition) is 1. The molecule has 1 aliphatic heterocycles. The van der Waals surface area contributed by atoms with Crippen molar-refractivity contribution in [1.82, 2.24) is 9.13 Å². The zero-order valence-corrected chi connectivity index (χ0v) is 16.3. The highest BCUT2D eigenvalue weighted by molar-refractivity contribution is 6.19. The Labute approximate surface area is 172 Å². The van der Waals surface area contributed by atoms with Gasteiger partial charge in [-0.05, 0) is 24.6 Å². The topological polar surface area (TPSA) is 91.6 Å². The van der Waals surface area contributed by atoms with Gasteiger partial charge in [-0.1, -0.05) is 6.92 Å². The van der Waals surface area contributed by atoms with Crippen LogP contribution in [0.15, 0.2) is 33.5 Å². The standard InChI is InChI=1S/C19H17F4N3O5/c1-3-6-26-15-13(16(28)25(2)19(26)29)14(27)11(24-15)7-9-4-5-10(30-17(20)21)8-12(9)31-18(22)23/h4-5,7-8,17-18,24H,3,6H2,1-2H3/b11-7-. The Bertz CT molecular complexity index is 1170. The molecular formula is C19H17F4N3O5. The number of aromatic nitrogens is 2. The van der Waals surface area contributed by atoms with Crippen molar-refractivity contribution in [2.45, 2.75) is 33.1 Å². The number of fused-ring (bicyclic) bond motifs is 1. The highest BCUT2D eigenvalue weighted by Crippen LogP contribution is 2.32. The van der Waals surface area contributed by atoms with E-state index in [4.69, 9.17) is 0 Å². The Morgan fingerprint density at radius 2 is 1.77 bits per heavy atom. The van der Waals surface area contributed by atoms with E-state index >= 15 is 0 Å². The Morgan fingerprint density at radius 1 is 1.10 bits per heavy atom. The monoisotopic (exact) mass is 443 g/mol. The van der Waals surface area contributed by atoms with Gasteiger partial charge in [0.05, 0.1) is 5.70 Å². The van der Waals surface area contributed by atoms with Gasteiger partial charge in [-0.25, -0.2) is 4.79 Å². The number of ketones is 1. The van der Waals surface area contributed by atoms with Crippen LogP contribution in [-0.2, 0) is 13.6 Å². The van der Waals surface area contributed by atoms with Crippen LogP contribution in [0.2, 0.25) is 0 Å². The second-order valence-corrected chi connectivity index (χ2v) is 6.49. The first kappa shape index (κ1) is 22.1. The van der Waals surface area contributed by atoms with Crippen molar-refractivity contribution in [2.75, 3.05) is 5.32 Å². The number of ether oxygens (including phenoxy) is 2. The molecule has 0 saturated heterocycles. The molecule has 12 heteroatoms. The third-order valence-corrected chi connectivity index (χ3v) is 4.44. The number of rotatable bonds is 7. The van der Waals surface area contributed by atoms with Gasteiger partial charge < -0.3 is 14.8 Å². The maximum Gasteiger partial charge on any atom is 0.387 e.